The third-order valence-corrected chi connectivity index (χ3v) is 2.60. The van der Waals surface area contributed by atoms with Crippen molar-refractivity contribution in [3.05, 3.63) is 0 Å². The van der Waals surface area contributed by atoms with E-state index < -0.39 is 0 Å². The average molecular weight is 152 g/mol. The van der Waals surface area contributed by atoms with Gasteiger partial charge in [-0.2, -0.15) is 0 Å². The van der Waals surface area contributed by atoms with E-state index in [1.165, 1.54) is 0 Å². The molecule has 1 aliphatic heterocycles. The lowest BCUT2D eigenvalue weighted by Crippen LogP contribution is -2.40. The molecule has 0 aromatic rings. The molecule has 1 aliphatic rings. The van der Waals surface area contributed by atoms with Gasteiger partial charge < -0.3 is 5.73 Å². The van der Waals surface area contributed by atoms with Crippen molar-refractivity contribution >= 4 is 0 Å². The number of likely N-dealkylation sites (tertiary alicyclic amines) is 1. The molecule has 2 nitrogen and oxygen atoms in total. The number of nitrogens with two attached hydrogens (primary N) is 1. The van der Waals surface area contributed by atoms with Crippen LogP contribution in [-0.4, -0.2) is 29.6 Å². The first kappa shape index (κ1) is 8.58. The van der Waals surface area contributed by atoms with Crippen LogP contribution in [-0.2, 0) is 0 Å². The monoisotopic (exact) mass is 152 g/mol. The third kappa shape index (κ3) is 1.55. The van der Waals surface area contributed by atoms with Crippen LogP contribution in [0.15, 0.2) is 0 Å². The van der Waals surface area contributed by atoms with Crippen molar-refractivity contribution in [2.75, 3.05) is 6.54 Å². The molecule has 1 rings (SSSR count). The summed E-state index contributed by atoms with van der Waals surface area (Å²) in [5, 5.41) is 0. The minimum absolute atomic E-state index is 0.235. The Balaban J connectivity index is 2.56. The Kier molecular flexibility index (Phi) is 2.53. The van der Waals surface area contributed by atoms with Crippen LogP contribution in [0.25, 0.3) is 0 Å². The Morgan fingerprint density at radius 3 is 2.73 bits per heavy atom. The molecule has 0 aliphatic carbocycles. The van der Waals surface area contributed by atoms with Gasteiger partial charge in [0, 0.05) is 18.6 Å². The molecule has 0 saturated carbocycles. The van der Waals surface area contributed by atoms with Crippen molar-refractivity contribution in [1.29, 1.82) is 0 Å². The van der Waals surface area contributed by atoms with E-state index in [1.54, 1.807) is 0 Å². The van der Waals surface area contributed by atoms with E-state index in [4.69, 9.17) is 12.2 Å². The summed E-state index contributed by atoms with van der Waals surface area (Å²) in [5.41, 5.74) is 5.85. The van der Waals surface area contributed by atoms with Crippen molar-refractivity contribution in [2.45, 2.75) is 38.4 Å². The number of hydrogen-bond donors (Lipinski definition) is 1. The summed E-state index contributed by atoms with van der Waals surface area (Å²) in [6, 6.07) is 0.991. The van der Waals surface area contributed by atoms with E-state index in [2.05, 4.69) is 24.7 Å². The Morgan fingerprint density at radius 2 is 2.36 bits per heavy atom. The Morgan fingerprint density at radius 1 is 1.73 bits per heavy atom. The van der Waals surface area contributed by atoms with Gasteiger partial charge in [-0.25, -0.2) is 0 Å². The summed E-state index contributed by atoms with van der Waals surface area (Å²) in [7, 11) is 0. The van der Waals surface area contributed by atoms with Crippen LogP contribution in [0, 0.1) is 12.3 Å². The summed E-state index contributed by atoms with van der Waals surface area (Å²) >= 11 is 0. The van der Waals surface area contributed by atoms with Crippen molar-refractivity contribution in [3.63, 3.8) is 0 Å². The average Bonchev–Trinajstić information content (AvgIpc) is 2.32. The van der Waals surface area contributed by atoms with E-state index in [0.717, 1.165) is 13.0 Å². The molecular weight excluding hydrogens is 136 g/mol. The molecule has 3 atom stereocenters. The number of rotatable bonds is 1. The molecule has 11 heavy (non-hydrogen) atoms. The minimum Gasteiger partial charge on any atom is -0.326 e. The summed E-state index contributed by atoms with van der Waals surface area (Å²) in [6.45, 7) is 5.24. The van der Waals surface area contributed by atoms with Crippen LogP contribution in [0.3, 0.4) is 0 Å². The van der Waals surface area contributed by atoms with E-state index in [-0.39, 0.29) is 6.04 Å². The highest BCUT2D eigenvalue weighted by Crippen LogP contribution is 2.17. The molecule has 0 bridgehead atoms. The molecule has 0 aromatic carbocycles. The lowest BCUT2D eigenvalue weighted by molar-refractivity contribution is 0.234. The molecular formula is C9H16N2. The van der Waals surface area contributed by atoms with E-state index in [0.29, 0.717) is 12.1 Å². The van der Waals surface area contributed by atoms with Gasteiger partial charge in [0.2, 0.25) is 0 Å². The Bertz CT molecular complexity index is 171. The quantitative estimate of drug-likeness (QED) is 0.552. The highest BCUT2D eigenvalue weighted by Gasteiger charge is 2.29. The second kappa shape index (κ2) is 3.25. The molecule has 1 saturated heterocycles. The maximum Gasteiger partial charge on any atom is 0.0686 e. The van der Waals surface area contributed by atoms with E-state index >= 15 is 0 Å². The highest BCUT2D eigenvalue weighted by atomic mass is 15.2. The standard InChI is InChI=1S/C9H16N2/c1-4-7(2)11-6-5-9(10)8(11)3/h1,7-9H,5-6,10H2,2-3H3. The topological polar surface area (TPSA) is 29.3 Å². The molecule has 0 aromatic heterocycles. The third-order valence-electron chi connectivity index (χ3n) is 2.60. The lowest BCUT2D eigenvalue weighted by Gasteiger charge is -2.25. The molecule has 1 heterocycles. The second-order valence-corrected chi connectivity index (χ2v) is 3.27. The fraction of sp³-hybridized carbons (Fsp3) is 0.778. The van der Waals surface area contributed by atoms with Gasteiger partial charge in [0.15, 0.2) is 0 Å². The predicted molar refractivity (Wildman–Crippen MR) is 47.1 cm³/mol. The van der Waals surface area contributed by atoms with Crippen molar-refractivity contribution in [1.82, 2.24) is 4.90 Å². The maximum absolute atomic E-state index is 5.85. The van der Waals surface area contributed by atoms with Crippen LogP contribution in [0.4, 0.5) is 0 Å². The van der Waals surface area contributed by atoms with Crippen LogP contribution >= 0.6 is 0 Å². The summed E-state index contributed by atoms with van der Waals surface area (Å²) in [4.78, 5) is 2.28. The molecule has 0 amide bonds. The SMILES string of the molecule is C#CC(C)N1CCC(N)C1C. The predicted octanol–water partition coefficient (Wildman–Crippen LogP) is 0.430. The van der Waals surface area contributed by atoms with Crippen molar-refractivity contribution < 1.29 is 0 Å². The Labute approximate surface area is 68.8 Å². The summed E-state index contributed by atoms with van der Waals surface area (Å²) < 4.78 is 0. The molecule has 2 N–H and O–H groups in total. The lowest BCUT2D eigenvalue weighted by atomic mass is 10.1. The fourth-order valence-electron chi connectivity index (χ4n) is 1.63. The molecule has 0 spiro atoms. The maximum atomic E-state index is 5.85. The molecule has 62 valence electrons. The fourth-order valence-corrected chi connectivity index (χ4v) is 1.63. The van der Waals surface area contributed by atoms with Gasteiger partial charge in [-0.3, -0.25) is 4.90 Å². The van der Waals surface area contributed by atoms with Gasteiger partial charge in [-0.1, -0.05) is 5.92 Å². The minimum atomic E-state index is 0.235. The van der Waals surface area contributed by atoms with Gasteiger partial charge in [0.1, 0.15) is 0 Å². The number of terminal acetylenes is 1. The molecule has 2 heteroatoms. The highest BCUT2D eigenvalue weighted by molar-refractivity contribution is 5.02. The first-order chi connectivity index (χ1) is 5.16. The van der Waals surface area contributed by atoms with Crippen LogP contribution in [0.1, 0.15) is 20.3 Å². The Hall–Kier alpha value is -0.520. The van der Waals surface area contributed by atoms with Crippen LogP contribution in [0.5, 0.6) is 0 Å². The molecule has 0 radical (unpaired) electrons. The van der Waals surface area contributed by atoms with Crippen LogP contribution in [0.2, 0.25) is 0 Å². The van der Waals surface area contributed by atoms with E-state index in [1.807, 2.05) is 0 Å². The second-order valence-electron chi connectivity index (χ2n) is 3.27. The van der Waals surface area contributed by atoms with Gasteiger partial charge in [0.05, 0.1) is 6.04 Å². The zero-order valence-corrected chi connectivity index (χ0v) is 7.25. The number of hydrogen-bond acceptors (Lipinski definition) is 2. The smallest absolute Gasteiger partial charge is 0.0686 e. The molecule has 3 unspecified atom stereocenters. The molecule has 1 fully saturated rings. The first-order valence-electron chi connectivity index (χ1n) is 4.14. The van der Waals surface area contributed by atoms with Gasteiger partial charge >= 0.3 is 0 Å². The first-order valence-corrected chi connectivity index (χ1v) is 4.14. The van der Waals surface area contributed by atoms with E-state index in [9.17, 15) is 0 Å². The van der Waals surface area contributed by atoms with Gasteiger partial charge in [-0.15, -0.1) is 6.42 Å². The van der Waals surface area contributed by atoms with Gasteiger partial charge in [0.25, 0.3) is 0 Å². The van der Waals surface area contributed by atoms with Crippen molar-refractivity contribution in [2.24, 2.45) is 5.73 Å². The van der Waals surface area contributed by atoms with Crippen molar-refractivity contribution in [3.8, 4) is 12.3 Å². The largest absolute Gasteiger partial charge is 0.326 e. The number of nitrogens with zero attached hydrogens (tertiary/aromatic N) is 1. The summed E-state index contributed by atoms with van der Waals surface area (Å²) in [5.74, 6) is 2.73. The summed E-state index contributed by atoms with van der Waals surface area (Å²) in [6.07, 6.45) is 6.40. The van der Waals surface area contributed by atoms with Crippen LogP contribution < -0.4 is 5.73 Å². The zero-order valence-electron chi connectivity index (χ0n) is 7.25. The normalized spacial score (nSPS) is 35.1. The zero-order chi connectivity index (χ0) is 8.43. The van der Waals surface area contributed by atoms with Gasteiger partial charge in [-0.05, 0) is 20.3 Å².